The van der Waals surface area contributed by atoms with Gasteiger partial charge in [-0.15, -0.1) is 0 Å². The lowest BCUT2D eigenvalue weighted by atomic mass is 10.3. The number of fused-ring (bicyclic) bond motifs is 1. The second-order valence-electron chi connectivity index (χ2n) is 4.78. The molecule has 0 spiro atoms. The van der Waals surface area contributed by atoms with Gasteiger partial charge in [0.15, 0.2) is 6.29 Å². The summed E-state index contributed by atoms with van der Waals surface area (Å²) in [6.45, 7) is 0.0236. The van der Waals surface area contributed by atoms with Crippen LogP contribution in [0.1, 0.15) is 16.3 Å². The van der Waals surface area contributed by atoms with Crippen LogP contribution in [0.4, 0.5) is 13.2 Å². The van der Waals surface area contributed by atoms with E-state index in [0.717, 1.165) is 0 Å². The molecule has 0 unspecified atom stereocenters. The SMILES string of the molecule is O=Cc1cnc2n1CCN(C(=O)/C=C/CNCC(F)(F)F)C2. The molecular formula is C13H15F3N4O2. The highest BCUT2D eigenvalue weighted by Crippen LogP contribution is 2.14. The summed E-state index contributed by atoms with van der Waals surface area (Å²) in [5.41, 5.74) is 0.467. The third-order valence-corrected chi connectivity index (χ3v) is 3.18. The summed E-state index contributed by atoms with van der Waals surface area (Å²) in [6, 6.07) is 0. The van der Waals surface area contributed by atoms with E-state index in [2.05, 4.69) is 10.3 Å². The molecule has 0 atom stereocenters. The van der Waals surface area contributed by atoms with E-state index in [1.54, 1.807) is 4.57 Å². The van der Waals surface area contributed by atoms with Crippen LogP contribution in [0.2, 0.25) is 0 Å². The first-order valence-electron chi connectivity index (χ1n) is 6.63. The second kappa shape index (κ2) is 6.73. The third-order valence-electron chi connectivity index (χ3n) is 3.18. The van der Waals surface area contributed by atoms with Crippen molar-refractivity contribution in [3.8, 4) is 0 Å². The van der Waals surface area contributed by atoms with Crippen molar-refractivity contribution in [1.82, 2.24) is 19.8 Å². The Kier molecular flexibility index (Phi) is 4.96. The third kappa shape index (κ3) is 4.17. The number of hydrogen-bond acceptors (Lipinski definition) is 4. The molecule has 0 fully saturated rings. The van der Waals surface area contributed by atoms with Crippen molar-refractivity contribution in [2.45, 2.75) is 19.3 Å². The number of rotatable bonds is 5. The summed E-state index contributed by atoms with van der Waals surface area (Å²) >= 11 is 0. The van der Waals surface area contributed by atoms with Crippen molar-refractivity contribution in [1.29, 1.82) is 0 Å². The van der Waals surface area contributed by atoms with Crippen LogP contribution in [-0.4, -0.2) is 52.5 Å². The Balaban J connectivity index is 1.83. The smallest absolute Gasteiger partial charge is 0.330 e. The van der Waals surface area contributed by atoms with Gasteiger partial charge in [-0.2, -0.15) is 13.2 Å². The highest BCUT2D eigenvalue weighted by molar-refractivity contribution is 5.87. The molecule has 120 valence electrons. The fourth-order valence-corrected chi connectivity index (χ4v) is 2.13. The van der Waals surface area contributed by atoms with E-state index < -0.39 is 12.7 Å². The number of hydrogen-bond donors (Lipinski definition) is 1. The van der Waals surface area contributed by atoms with Crippen LogP contribution in [0.3, 0.4) is 0 Å². The summed E-state index contributed by atoms with van der Waals surface area (Å²) in [6.07, 6.45) is 0.486. The number of nitrogens with zero attached hydrogens (tertiary/aromatic N) is 3. The Morgan fingerprint density at radius 2 is 2.18 bits per heavy atom. The van der Waals surface area contributed by atoms with E-state index in [1.165, 1.54) is 23.2 Å². The maximum Gasteiger partial charge on any atom is 0.401 e. The number of nitrogens with one attached hydrogen (secondary N) is 1. The lowest BCUT2D eigenvalue weighted by Crippen LogP contribution is -2.38. The average molecular weight is 316 g/mol. The van der Waals surface area contributed by atoms with Crippen LogP contribution in [0.5, 0.6) is 0 Å². The van der Waals surface area contributed by atoms with E-state index in [4.69, 9.17) is 0 Å². The first-order chi connectivity index (χ1) is 10.4. The van der Waals surface area contributed by atoms with Crippen molar-refractivity contribution >= 4 is 12.2 Å². The first-order valence-corrected chi connectivity index (χ1v) is 6.63. The minimum absolute atomic E-state index is 0.0387. The normalized spacial score (nSPS) is 15.1. The molecule has 9 heteroatoms. The molecule has 0 aromatic carbocycles. The summed E-state index contributed by atoms with van der Waals surface area (Å²) < 4.78 is 37.5. The van der Waals surface area contributed by atoms with Crippen molar-refractivity contribution in [3.63, 3.8) is 0 Å². The van der Waals surface area contributed by atoms with Crippen molar-refractivity contribution in [2.24, 2.45) is 0 Å². The topological polar surface area (TPSA) is 67.2 Å². The zero-order valence-electron chi connectivity index (χ0n) is 11.6. The molecule has 0 saturated carbocycles. The highest BCUT2D eigenvalue weighted by atomic mass is 19.4. The number of amides is 1. The number of carbonyl (C=O) groups is 2. The van der Waals surface area contributed by atoms with Gasteiger partial charge in [-0.3, -0.25) is 9.59 Å². The molecule has 0 radical (unpaired) electrons. The monoisotopic (exact) mass is 316 g/mol. The van der Waals surface area contributed by atoms with Gasteiger partial charge < -0.3 is 14.8 Å². The van der Waals surface area contributed by atoms with Gasteiger partial charge in [0.05, 0.1) is 19.3 Å². The molecule has 0 bridgehead atoms. The number of imidazole rings is 1. The van der Waals surface area contributed by atoms with Crippen LogP contribution < -0.4 is 5.32 Å². The maximum atomic E-state index is 11.9. The largest absolute Gasteiger partial charge is 0.401 e. The van der Waals surface area contributed by atoms with Gasteiger partial charge >= 0.3 is 6.18 Å². The van der Waals surface area contributed by atoms with Crippen LogP contribution >= 0.6 is 0 Å². The van der Waals surface area contributed by atoms with Gasteiger partial charge in [-0.25, -0.2) is 4.98 Å². The van der Waals surface area contributed by atoms with Gasteiger partial charge in [0.1, 0.15) is 11.5 Å². The lowest BCUT2D eigenvalue weighted by Gasteiger charge is -2.27. The number of carbonyl (C=O) groups excluding carboxylic acids is 2. The fourth-order valence-electron chi connectivity index (χ4n) is 2.13. The molecule has 1 aromatic rings. The molecule has 2 heterocycles. The fraction of sp³-hybridized carbons (Fsp3) is 0.462. The van der Waals surface area contributed by atoms with E-state index in [-0.39, 0.29) is 19.0 Å². The zero-order chi connectivity index (χ0) is 16.2. The van der Waals surface area contributed by atoms with Gasteiger partial charge in [-0.05, 0) is 0 Å². The van der Waals surface area contributed by atoms with Gasteiger partial charge in [0.25, 0.3) is 0 Å². The van der Waals surface area contributed by atoms with Crippen LogP contribution in [0, 0.1) is 0 Å². The Labute approximate surface area is 124 Å². The quantitative estimate of drug-likeness (QED) is 0.494. The molecule has 0 aliphatic carbocycles. The van der Waals surface area contributed by atoms with Crippen LogP contribution in [-0.2, 0) is 17.9 Å². The second-order valence-corrected chi connectivity index (χ2v) is 4.78. The van der Waals surface area contributed by atoms with E-state index in [1.807, 2.05) is 0 Å². The Hall–Kier alpha value is -2.16. The zero-order valence-corrected chi connectivity index (χ0v) is 11.6. The average Bonchev–Trinajstić information content (AvgIpc) is 2.87. The summed E-state index contributed by atoms with van der Waals surface area (Å²) in [7, 11) is 0. The van der Waals surface area contributed by atoms with Gasteiger partial charge in [-0.1, -0.05) is 6.08 Å². The molecule has 2 rings (SSSR count). The maximum absolute atomic E-state index is 11.9. The van der Waals surface area contributed by atoms with Gasteiger partial charge in [0.2, 0.25) is 5.91 Å². The first kappa shape index (κ1) is 16.2. The number of alkyl halides is 3. The summed E-state index contributed by atoms with van der Waals surface area (Å²) in [5.74, 6) is 0.320. The van der Waals surface area contributed by atoms with Crippen LogP contribution in [0.25, 0.3) is 0 Å². The molecule has 1 N–H and O–H groups in total. The van der Waals surface area contributed by atoms with Crippen molar-refractivity contribution < 1.29 is 22.8 Å². The Morgan fingerprint density at radius 3 is 2.86 bits per heavy atom. The molecule has 6 nitrogen and oxygen atoms in total. The standard InChI is InChI=1S/C13H15F3N4O2/c14-13(15,16)9-17-3-1-2-12(22)19-4-5-20-10(8-21)6-18-11(20)7-19/h1-2,6,8,17H,3-5,7,9H2/b2-1+. The number of aldehydes is 1. The molecule has 22 heavy (non-hydrogen) atoms. The predicted molar refractivity (Wildman–Crippen MR) is 71.1 cm³/mol. The molecule has 1 aromatic heterocycles. The Bertz CT molecular complexity index is 580. The minimum atomic E-state index is -4.27. The molecule has 1 aliphatic heterocycles. The van der Waals surface area contributed by atoms with Crippen molar-refractivity contribution in [3.05, 3.63) is 29.9 Å². The van der Waals surface area contributed by atoms with E-state index >= 15 is 0 Å². The predicted octanol–water partition coefficient (Wildman–Crippen LogP) is 0.746. The summed E-state index contributed by atoms with van der Waals surface area (Å²) in [4.78, 5) is 28.3. The number of halogens is 3. The molecular weight excluding hydrogens is 301 g/mol. The minimum Gasteiger partial charge on any atom is -0.330 e. The van der Waals surface area contributed by atoms with Crippen molar-refractivity contribution in [2.75, 3.05) is 19.6 Å². The molecule has 1 amide bonds. The summed E-state index contributed by atoms with van der Waals surface area (Å²) in [5, 5.41) is 2.17. The lowest BCUT2D eigenvalue weighted by molar-refractivity contribution is -0.127. The molecule has 0 saturated heterocycles. The van der Waals surface area contributed by atoms with Crippen LogP contribution in [0.15, 0.2) is 18.3 Å². The van der Waals surface area contributed by atoms with E-state index in [9.17, 15) is 22.8 Å². The number of aromatic nitrogens is 2. The van der Waals surface area contributed by atoms with Gasteiger partial charge in [0, 0.05) is 25.7 Å². The highest BCUT2D eigenvalue weighted by Gasteiger charge is 2.26. The van der Waals surface area contributed by atoms with E-state index in [0.29, 0.717) is 30.9 Å². The molecule has 1 aliphatic rings. The Morgan fingerprint density at radius 1 is 1.41 bits per heavy atom.